The summed E-state index contributed by atoms with van der Waals surface area (Å²) < 4.78 is 10.5. The van der Waals surface area contributed by atoms with Crippen LogP contribution in [0.3, 0.4) is 0 Å². The zero-order valence-electron chi connectivity index (χ0n) is 14.8. The highest BCUT2D eigenvalue weighted by Crippen LogP contribution is 2.29. The molecule has 2 aromatic carbocycles. The van der Waals surface area contributed by atoms with Gasteiger partial charge >= 0.3 is 5.97 Å². The Balaban J connectivity index is 2.02. The Morgan fingerprint density at radius 3 is 2.60 bits per heavy atom. The van der Waals surface area contributed by atoms with Gasteiger partial charge in [-0.15, -0.1) is 0 Å². The van der Waals surface area contributed by atoms with Crippen LogP contribution >= 0.6 is 12.2 Å². The van der Waals surface area contributed by atoms with E-state index in [1.165, 1.54) is 7.11 Å². The summed E-state index contributed by atoms with van der Waals surface area (Å²) in [4.78, 5) is 11.8. The van der Waals surface area contributed by atoms with Crippen molar-refractivity contribution in [1.29, 1.82) is 0 Å². The highest BCUT2D eigenvalue weighted by atomic mass is 32.1. The highest BCUT2D eigenvalue weighted by Gasteiger charge is 2.10. The number of nitrogens with one attached hydrogen (secondary N) is 1. The topological polar surface area (TPSA) is 47.6 Å². The number of methoxy groups -OCH3 is 1. The van der Waals surface area contributed by atoms with Gasteiger partial charge in [0, 0.05) is 23.9 Å². The van der Waals surface area contributed by atoms with Crippen LogP contribution in [0.25, 0.3) is 10.8 Å². The number of benzene rings is 2. The van der Waals surface area contributed by atoms with Crippen LogP contribution in [-0.4, -0.2) is 31.2 Å². The molecule has 0 aromatic heterocycles. The Morgan fingerprint density at radius 2 is 1.88 bits per heavy atom. The van der Waals surface area contributed by atoms with E-state index in [9.17, 15) is 4.79 Å². The van der Waals surface area contributed by atoms with Gasteiger partial charge in [0.25, 0.3) is 0 Å². The van der Waals surface area contributed by atoms with E-state index in [0.29, 0.717) is 13.0 Å². The average Bonchev–Trinajstić information content (AvgIpc) is 2.65. The second kappa shape index (κ2) is 9.99. The molecule has 0 amide bonds. The number of ether oxygens (including phenoxy) is 2. The summed E-state index contributed by atoms with van der Waals surface area (Å²) in [5.41, 5.74) is 1.00. The number of rotatable bonds is 9. The fraction of sp³-hybridized carbons (Fsp3) is 0.400. The number of esters is 1. The molecular formula is C20H25NO3S. The van der Waals surface area contributed by atoms with E-state index in [4.69, 9.17) is 17.0 Å². The van der Waals surface area contributed by atoms with Gasteiger partial charge < -0.3 is 14.8 Å². The number of unbranched alkanes of at least 4 members (excludes halogenated alkanes) is 1. The molecular weight excluding hydrogens is 334 g/mol. The summed E-state index contributed by atoms with van der Waals surface area (Å²) in [6, 6.07) is 12.1. The summed E-state index contributed by atoms with van der Waals surface area (Å²) in [7, 11) is 1.41. The van der Waals surface area contributed by atoms with Crippen molar-refractivity contribution in [2.45, 2.75) is 32.6 Å². The number of hydrogen-bond acceptors (Lipinski definition) is 4. The van der Waals surface area contributed by atoms with Gasteiger partial charge in [-0.2, -0.15) is 0 Å². The normalized spacial score (nSPS) is 10.5. The Bertz CT molecular complexity index is 730. The zero-order chi connectivity index (χ0) is 18.1. The lowest BCUT2D eigenvalue weighted by molar-refractivity contribution is -0.140. The van der Waals surface area contributed by atoms with E-state index in [1.807, 2.05) is 24.3 Å². The third-order valence-corrected chi connectivity index (χ3v) is 4.28. The Labute approximate surface area is 154 Å². The minimum absolute atomic E-state index is 0.170. The van der Waals surface area contributed by atoms with Crippen molar-refractivity contribution in [3.63, 3.8) is 0 Å². The van der Waals surface area contributed by atoms with Crippen LogP contribution < -0.4 is 10.1 Å². The number of carbonyl (C=O) groups is 1. The molecule has 2 rings (SSSR count). The minimum Gasteiger partial charge on any atom is -0.493 e. The Hall–Kier alpha value is -2.14. The van der Waals surface area contributed by atoms with Gasteiger partial charge in [-0.3, -0.25) is 4.79 Å². The second-order valence-electron chi connectivity index (χ2n) is 5.79. The molecule has 0 aliphatic heterocycles. The summed E-state index contributed by atoms with van der Waals surface area (Å²) in [6.45, 7) is 3.53. The predicted molar refractivity (Wildman–Crippen MR) is 105 cm³/mol. The fourth-order valence-corrected chi connectivity index (χ4v) is 2.88. The first kappa shape index (κ1) is 19.2. The van der Waals surface area contributed by atoms with Gasteiger partial charge in [-0.05, 0) is 36.8 Å². The first-order valence-electron chi connectivity index (χ1n) is 8.67. The molecule has 0 unspecified atom stereocenters. The molecule has 0 saturated carbocycles. The maximum atomic E-state index is 11.1. The van der Waals surface area contributed by atoms with Crippen LogP contribution in [0.15, 0.2) is 36.4 Å². The number of carbonyl (C=O) groups excluding carboxylic acids is 1. The number of thiocarbonyl (C=S) groups is 1. The van der Waals surface area contributed by atoms with Gasteiger partial charge in [0.2, 0.25) is 0 Å². The van der Waals surface area contributed by atoms with Gasteiger partial charge in [-0.1, -0.05) is 43.4 Å². The standard InChI is InChI=1S/C20H25NO3S/c1-3-14-24-18-12-11-17(15-8-4-5-9-16(15)18)20(25)21-13-7-6-10-19(22)23-2/h4-5,8-9,11-12H,3,6-7,10,13-14H2,1-2H3,(H,21,25). The third kappa shape index (κ3) is 5.43. The van der Waals surface area contributed by atoms with Gasteiger partial charge in [0.15, 0.2) is 0 Å². The maximum absolute atomic E-state index is 11.1. The number of fused-ring (bicyclic) bond motifs is 1. The molecule has 0 radical (unpaired) electrons. The van der Waals surface area contributed by atoms with Crippen molar-refractivity contribution in [3.8, 4) is 5.75 Å². The van der Waals surface area contributed by atoms with E-state index in [0.717, 1.165) is 52.9 Å². The zero-order valence-corrected chi connectivity index (χ0v) is 15.7. The second-order valence-corrected chi connectivity index (χ2v) is 6.20. The Kier molecular flexibility index (Phi) is 7.67. The van der Waals surface area contributed by atoms with Crippen molar-refractivity contribution < 1.29 is 14.3 Å². The lowest BCUT2D eigenvalue weighted by Crippen LogP contribution is -2.23. The van der Waals surface area contributed by atoms with Crippen LogP contribution in [0.5, 0.6) is 5.75 Å². The molecule has 2 aromatic rings. The van der Waals surface area contributed by atoms with Crippen molar-refractivity contribution >= 4 is 33.9 Å². The summed E-state index contributed by atoms with van der Waals surface area (Å²) in [5, 5.41) is 5.44. The van der Waals surface area contributed by atoms with Crippen LogP contribution in [0, 0.1) is 0 Å². The van der Waals surface area contributed by atoms with E-state index >= 15 is 0 Å². The highest BCUT2D eigenvalue weighted by molar-refractivity contribution is 7.80. The molecule has 25 heavy (non-hydrogen) atoms. The molecule has 0 aliphatic carbocycles. The molecule has 0 bridgehead atoms. The predicted octanol–water partition coefficient (Wildman–Crippen LogP) is 4.24. The quantitative estimate of drug-likeness (QED) is 0.412. The molecule has 0 saturated heterocycles. The molecule has 0 aliphatic rings. The summed E-state index contributed by atoms with van der Waals surface area (Å²) >= 11 is 5.56. The minimum atomic E-state index is -0.170. The molecule has 0 fully saturated rings. The smallest absolute Gasteiger partial charge is 0.305 e. The van der Waals surface area contributed by atoms with Gasteiger partial charge in [-0.25, -0.2) is 0 Å². The first-order valence-corrected chi connectivity index (χ1v) is 9.07. The largest absolute Gasteiger partial charge is 0.493 e. The third-order valence-electron chi connectivity index (χ3n) is 3.91. The van der Waals surface area contributed by atoms with Crippen molar-refractivity contribution in [1.82, 2.24) is 5.32 Å². The van der Waals surface area contributed by atoms with Crippen LogP contribution in [0.2, 0.25) is 0 Å². The van der Waals surface area contributed by atoms with Crippen molar-refractivity contribution in [2.24, 2.45) is 0 Å². The molecule has 0 atom stereocenters. The summed E-state index contributed by atoms with van der Waals surface area (Å²) in [5.74, 6) is 0.721. The van der Waals surface area contributed by atoms with Crippen LogP contribution in [0.4, 0.5) is 0 Å². The maximum Gasteiger partial charge on any atom is 0.305 e. The van der Waals surface area contributed by atoms with E-state index < -0.39 is 0 Å². The molecule has 5 heteroatoms. The van der Waals surface area contributed by atoms with E-state index in [1.54, 1.807) is 0 Å². The van der Waals surface area contributed by atoms with E-state index in [-0.39, 0.29) is 5.97 Å². The lowest BCUT2D eigenvalue weighted by atomic mass is 10.0. The Morgan fingerprint density at radius 1 is 1.12 bits per heavy atom. The molecule has 0 spiro atoms. The lowest BCUT2D eigenvalue weighted by Gasteiger charge is -2.14. The molecule has 1 N–H and O–H groups in total. The van der Waals surface area contributed by atoms with Crippen molar-refractivity contribution in [3.05, 3.63) is 42.0 Å². The molecule has 134 valence electrons. The summed E-state index contributed by atoms with van der Waals surface area (Å²) in [6.07, 6.45) is 3.07. The number of hydrogen-bond donors (Lipinski definition) is 1. The van der Waals surface area contributed by atoms with Crippen molar-refractivity contribution in [2.75, 3.05) is 20.3 Å². The SMILES string of the molecule is CCCOc1ccc(C(=S)NCCCCC(=O)OC)c2ccccc12. The average molecular weight is 359 g/mol. The van der Waals surface area contributed by atoms with Crippen LogP contribution in [-0.2, 0) is 9.53 Å². The fourth-order valence-electron chi connectivity index (χ4n) is 2.60. The van der Waals surface area contributed by atoms with Gasteiger partial charge in [0.1, 0.15) is 10.7 Å². The first-order chi connectivity index (χ1) is 12.2. The molecule has 4 nitrogen and oxygen atoms in total. The van der Waals surface area contributed by atoms with Gasteiger partial charge in [0.05, 0.1) is 13.7 Å². The monoisotopic (exact) mass is 359 g/mol. The van der Waals surface area contributed by atoms with E-state index in [2.05, 4.69) is 29.1 Å². The molecule has 0 heterocycles. The van der Waals surface area contributed by atoms with Crippen LogP contribution in [0.1, 0.15) is 38.2 Å².